The Kier molecular flexibility index (Phi) is 5.74. The van der Waals surface area contributed by atoms with Crippen LogP contribution in [0.15, 0.2) is 18.3 Å². The predicted octanol–water partition coefficient (Wildman–Crippen LogP) is 0.563. The van der Waals surface area contributed by atoms with Crippen LogP contribution in [0.4, 0.5) is 5.82 Å². The van der Waals surface area contributed by atoms with E-state index in [1.165, 1.54) is 8.61 Å². The number of rotatable bonds is 6. The number of ether oxygens (including phenoxy) is 1. The molecule has 1 atom stereocenters. The summed E-state index contributed by atoms with van der Waals surface area (Å²) in [6.45, 7) is 1.26. The third kappa shape index (κ3) is 4.16. The molecule has 0 aliphatic carbocycles. The van der Waals surface area contributed by atoms with Crippen LogP contribution in [-0.4, -0.2) is 69.0 Å². The van der Waals surface area contributed by atoms with Gasteiger partial charge in [0, 0.05) is 40.4 Å². The molecule has 1 aromatic heterocycles. The summed E-state index contributed by atoms with van der Waals surface area (Å²) >= 11 is 0. The predicted molar refractivity (Wildman–Crippen MR) is 86.0 cm³/mol. The molecule has 0 saturated carbocycles. The van der Waals surface area contributed by atoms with Gasteiger partial charge in [-0.3, -0.25) is 0 Å². The van der Waals surface area contributed by atoms with Crippen LogP contribution in [0.5, 0.6) is 0 Å². The number of pyridine rings is 1. The van der Waals surface area contributed by atoms with Gasteiger partial charge in [0.2, 0.25) is 0 Å². The standard InChI is InChI=1S/C14H24N4O3S/c1-15-14-10-12(6-7-16-14)4-5-13-11-18(8-9-21-13)22(19,20)17(2)3/h6-7,10,13H,4-5,8-9,11H2,1-3H3,(H,15,16). The average Bonchev–Trinajstić information content (AvgIpc) is 2.53. The summed E-state index contributed by atoms with van der Waals surface area (Å²) in [5.74, 6) is 0.832. The number of aromatic nitrogens is 1. The normalized spacial score (nSPS) is 20.3. The Morgan fingerprint density at radius 2 is 2.27 bits per heavy atom. The summed E-state index contributed by atoms with van der Waals surface area (Å²) in [5, 5.41) is 3.01. The van der Waals surface area contributed by atoms with Gasteiger partial charge in [-0.15, -0.1) is 0 Å². The Morgan fingerprint density at radius 1 is 1.50 bits per heavy atom. The smallest absolute Gasteiger partial charge is 0.281 e. The minimum Gasteiger partial charge on any atom is -0.375 e. The molecule has 0 radical (unpaired) electrons. The molecule has 1 aromatic rings. The van der Waals surface area contributed by atoms with Crippen molar-refractivity contribution >= 4 is 16.0 Å². The monoisotopic (exact) mass is 328 g/mol. The van der Waals surface area contributed by atoms with Crippen molar-refractivity contribution in [1.82, 2.24) is 13.6 Å². The quantitative estimate of drug-likeness (QED) is 0.826. The molecule has 8 heteroatoms. The van der Waals surface area contributed by atoms with Gasteiger partial charge in [0.05, 0.1) is 12.7 Å². The third-order valence-corrected chi connectivity index (χ3v) is 5.63. The summed E-state index contributed by atoms with van der Waals surface area (Å²) in [5.41, 5.74) is 1.16. The summed E-state index contributed by atoms with van der Waals surface area (Å²) < 4.78 is 32.8. The molecular formula is C14H24N4O3S. The van der Waals surface area contributed by atoms with Crippen LogP contribution in [0, 0.1) is 0 Å². The van der Waals surface area contributed by atoms with Crippen LogP contribution in [0.3, 0.4) is 0 Å². The first kappa shape index (κ1) is 17.1. The molecule has 1 N–H and O–H groups in total. The first-order valence-electron chi connectivity index (χ1n) is 7.35. The van der Waals surface area contributed by atoms with Crippen molar-refractivity contribution in [1.29, 1.82) is 0 Å². The lowest BCUT2D eigenvalue weighted by Gasteiger charge is -2.33. The molecule has 2 heterocycles. The van der Waals surface area contributed by atoms with Crippen LogP contribution in [-0.2, 0) is 21.4 Å². The molecule has 22 heavy (non-hydrogen) atoms. The number of nitrogens with one attached hydrogen (secondary N) is 1. The number of morpholine rings is 1. The van der Waals surface area contributed by atoms with Crippen LogP contribution in [0.1, 0.15) is 12.0 Å². The van der Waals surface area contributed by atoms with E-state index in [0.717, 1.165) is 24.2 Å². The maximum atomic E-state index is 12.2. The van der Waals surface area contributed by atoms with E-state index in [1.54, 1.807) is 20.3 Å². The molecule has 2 rings (SSSR count). The van der Waals surface area contributed by atoms with Crippen LogP contribution < -0.4 is 5.32 Å². The highest BCUT2D eigenvalue weighted by Crippen LogP contribution is 2.17. The molecule has 0 amide bonds. The molecule has 7 nitrogen and oxygen atoms in total. The van der Waals surface area contributed by atoms with Crippen LogP contribution in [0.25, 0.3) is 0 Å². The highest BCUT2D eigenvalue weighted by atomic mass is 32.2. The van der Waals surface area contributed by atoms with Crippen molar-refractivity contribution in [3.05, 3.63) is 23.9 Å². The maximum absolute atomic E-state index is 12.2. The number of hydrogen-bond donors (Lipinski definition) is 1. The van der Waals surface area contributed by atoms with Crippen molar-refractivity contribution < 1.29 is 13.2 Å². The van der Waals surface area contributed by atoms with E-state index in [4.69, 9.17) is 4.74 Å². The zero-order valence-electron chi connectivity index (χ0n) is 13.3. The van der Waals surface area contributed by atoms with E-state index in [0.29, 0.717) is 19.7 Å². The van der Waals surface area contributed by atoms with Gasteiger partial charge in [-0.25, -0.2) is 4.98 Å². The largest absolute Gasteiger partial charge is 0.375 e. The molecule has 1 aliphatic rings. The van der Waals surface area contributed by atoms with Crippen molar-refractivity contribution in [2.75, 3.05) is 46.2 Å². The van der Waals surface area contributed by atoms with E-state index in [1.807, 2.05) is 19.2 Å². The van der Waals surface area contributed by atoms with Crippen molar-refractivity contribution in [3.63, 3.8) is 0 Å². The van der Waals surface area contributed by atoms with E-state index in [2.05, 4.69) is 10.3 Å². The fourth-order valence-electron chi connectivity index (χ4n) is 2.40. The zero-order valence-corrected chi connectivity index (χ0v) is 14.1. The second kappa shape index (κ2) is 7.36. The van der Waals surface area contributed by atoms with Crippen LogP contribution in [0.2, 0.25) is 0 Å². The van der Waals surface area contributed by atoms with Gasteiger partial charge in [-0.2, -0.15) is 17.0 Å². The summed E-state index contributed by atoms with van der Waals surface area (Å²) in [7, 11) is 1.58. The van der Waals surface area contributed by atoms with E-state index >= 15 is 0 Å². The SMILES string of the molecule is CNc1cc(CCC2CN(S(=O)(=O)N(C)C)CCO2)ccn1. The number of nitrogens with zero attached hydrogens (tertiary/aromatic N) is 3. The fourth-order valence-corrected chi connectivity index (χ4v) is 3.52. The summed E-state index contributed by atoms with van der Waals surface area (Å²) in [6, 6.07) is 3.97. The molecule has 1 aliphatic heterocycles. The minimum absolute atomic E-state index is 0.0744. The van der Waals surface area contributed by atoms with E-state index in [-0.39, 0.29) is 6.10 Å². The van der Waals surface area contributed by atoms with Gasteiger partial charge in [0.25, 0.3) is 10.2 Å². The lowest BCUT2D eigenvalue weighted by Crippen LogP contribution is -2.49. The molecule has 0 spiro atoms. The molecule has 1 saturated heterocycles. The van der Waals surface area contributed by atoms with Gasteiger partial charge in [0.1, 0.15) is 5.82 Å². The second-order valence-corrected chi connectivity index (χ2v) is 7.62. The second-order valence-electron chi connectivity index (χ2n) is 5.48. The molecular weight excluding hydrogens is 304 g/mol. The summed E-state index contributed by atoms with van der Waals surface area (Å²) in [4.78, 5) is 4.18. The van der Waals surface area contributed by atoms with Crippen LogP contribution >= 0.6 is 0 Å². The molecule has 0 bridgehead atoms. The molecule has 124 valence electrons. The zero-order chi connectivity index (χ0) is 16.2. The number of hydrogen-bond acceptors (Lipinski definition) is 5. The summed E-state index contributed by atoms with van der Waals surface area (Å²) in [6.07, 6.45) is 3.31. The van der Waals surface area contributed by atoms with Gasteiger partial charge in [0.15, 0.2) is 0 Å². The Morgan fingerprint density at radius 3 is 2.95 bits per heavy atom. The fraction of sp³-hybridized carbons (Fsp3) is 0.643. The number of anilines is 1. The Bertz CT molecular complexity index is 592. The lowest BCUT2D eigenvalue weighted by atomic mass is 10.1. The lowest BCUT2D eigenvalue weighted by molar-refractivity contribution is -0.00652. The topological polar surface area (TPSA) is 74.8 Å². The highest BCUT2D eigenvalue weighted by molar-refractivity contribution is 7.86. The van der Waals surface area contributed by atoms with Gasteiger partial charge < -0.3 is 10.1 Å². The Hall–Kier alpha value is -1.22. The van der Waals surface area contributed by atoms with Gasteiger partial charge >= 0.3 is 0 Å². The Labute approximate surface area is 132 Å². The van der Waals surface area contributed by atoms with Crippen molar-refractivity contribution in [3.8, 4) is 0 Å². The third-order valence-electron chi connectivity index (χ3n) is 3.72. The van der Waals surface area contributed by atoms with Gasteiger partial charge in [-0.1, -0.05) is 0 Å². The van der Waals surface area contributed by atoms with E-state index in [9.17, 15) is 8.42 Å². The first-order chi connectivity index (χ1) is 10.4. The maximum Gasteiger partial charge on any atom is 0.281 e. The Balaban J connectivity index is 1.93. The first-order valence-corrected chi connectivity index (χ1v) is 8.75. The minimum atomic E-state index is -3.36. The highest BCUT2D eigenvalue weighted by Gasteiger charge is 2.30. The number of aryl methyl sites for hydroxylation is 1. The molecule has 0 aromatic carbocycles. The van der Waals surface area contributed by atoms with E-state index < -0.39 is 10.2 Å². The molecule has 1 unspecified atom stereocenters. The average molecular weight is 328 g/mol. The molecule has 1 fully saturated rings. The van der Waals surface area contributed by atoms with Gasteiger partial charge in [-0.05, 0) is 30.5 Å². The van der Waals surface area contributed by atoms with Crippen molar-refractivity contribution in [2.45, 2.75) is 18.9 Å². The van der Waals surface area contributed by atoms with Crippen molar-refractivity contribution in [2.24, 2.45) is 0 Å².